The predicted molar refractivity (Wildman–Crippen MR) is 77.4 cm³/mol. The highest BCUT2D eigenvalue weighted by atomic mass is 16.5. The number of benzene rings is 1. The van der Waals surface area contributed by atoms with Crippen molar-refractivity contribution in [1.82, 2.24) is 10.2 Å². The summed E-state index contributed by atoms with van der Waals surface area (Å²) in [6, 6.07) is 9.24. The minimum Gasteiger partial charge on any atom is -0.377 e. The van der Waals surface area contributed by atoms with Gasteiger partial charge in [-0.2, -0.15) is 0 Å². The van der Waals surface area contributed by atoms with Crippen molar-refractivity contribution in [3.63, 3.8) is 0 Å². The molecule has 1 aromatic rings. The average molecular weight is 264 g/mol. The molecule has 0 aliphatic heterocycles. The number of hydrogen-bond acceptors (Lipinski definition) is 3. The third-order valence-corrected chi connectivity index (χ3v) is 2.83. The van der Waals surface area contributed by atoms with Gasteiger partial charge in [-0.15, -0.1) is 0 Å². The molecule has 0 spiro atoms. The summed E-state index contributed by atoms with van der Waals surface area (Å²) in [7, 11) is 4.07. The number of carbonyl (C=O) groups excluding carboxylic acids is 1. The number of ether oxygens (including phenoxy) is 1. The molecule has 0 bridgehead atoms. The Bertz CT molecular complexity index is 366. The standard InChI is InChI=1S/C15H24N2O2/c1-4-19-14(10-11-17(2)3)12-16-15(18)13-8-6-5-7-9-13/h5-9,14H,4,10-12H2,1-3H3,(H,16,18). The summed E-state index contributed by atoms with van der Waals surface area (Å²) in [4.78, 5) is 14.0. The van der Waals surface area contributed by atoms with E-state index in [0.29, 0.717) is 18.7 Å². The van der Waals surface area contributed by atoms with Crippen molar-refractivity contribution in [3.05, 3.63) is 35.9 Å². The van der Waals surface area contributed by atoms with E-state index in [0.717, 1.165) is 13.0 Å². The van der Waals surface area contributed by atoms with E-state index >= 15 is 0 Å². The zero-order chi connectivity index (χ0) is 14.1. The fourth-order valence-corrected chi connectivity index (χ4v) is 1.78. The van der Waals surface area contributed by atoms with E-state index in [1.807, 2.05) is 51.4 Å². The molecule has 1 unspecified atom stereocenters. The Balaban J connectivity index is 2.40. The van der Waals surface area contributed by atoms with E-state index in [4.69, 9.17) is 4.74 Å². The summed E-state index contributed by atoms with van der Waals surface area (Å²) in [6.07, 6.45) is 0.982. The number of amides is 1. The monoisotopic (exact) mass is 264 g/mol. The van der Waals surface area contributed by atoms with Gasteiger partial charge in [-0.3, -0.25) is 4.79 Å². The van der Waals surface area contributed by atoms with E-state index in [1.165, 1.54) is 0 Å². The van der Waals surface area contributed by atoms with Crippen LogP contribution < -0.4 is 5.32 Å². The Kier molecular flexibility index (Phi) is 7.15. The molecule has 1 aromatic carbocycles. The number of rotatable bonds is 8. The summed E-state index contributed by atoms with van der Waals surface area (Å²) in [5, 5.41) is 2.93. The first-order valence-electron chi connectivity index (χ1n) is 6.73. The van der Waals surface area contributed by atoms with Crippen molar-refractivity contribution >= 4 is 5.91 Å². The average Bonchev–Trinajstić information content (AvgIpc) is 2.42. The Morgan fingerprint density at radius 3 is 2.58 bits per heavy atom. The van der Waals surface area contributed by atoms with Crippen molar-refractivity contribution in [1.29, 1.82) is 0 Å². The largest absolute Gasteiger partial charge is 0.377 e. The lowest BCUT2D eigenvalue weighted by Crippen LogP contribution is -2.35. The summed E-state index contributed by atoms with van der Waals surface area (Å²) < 4.78 is 5.64. The second-order valence-electron chi connectivity index (χ2n) is 4.75. The molecular weight excluding hydrogens is 240 g/mol. The van der Waals surface area contributed by atoms with Gasteiger partial charge in [-0.1, -0.05) is 18.2 Å². The summed E-state index contributed by atoms with van der Waals surface area (Å²) in [5.74, 6) is -0.0462. The van der Waals surface area contributed by atoms with Gasteiger partial charge >= 0.3 is 0 Å². The van der Waals surface area contributed by atoms with Crippen LogP contribution in [-0.4, -0.2) is 50.7 Å². The van der Waals surface area contributed by atoms with Crippen molar-refractivity contribution in [2.75, 3.05) is 33.8 Å². The van der Waals surface area contributed by atoms with Crippen LogP contribution in [0.25, 0.3) is 0 Å². The normalized spacial score (nSPS) is 12.4. The Labute approximate surface area is 115 Å². The lowest BCUT2D eigenvalue weighted by molar-refractivity contribution is 0.0496. The lowest BCUT2D eigenvalue weighted by Gasteiger charge is -2.19. The van der Waals surface area contributed by atoms with E-state index in [1.54, 1.807) is 0 Å². The minimum atomic E-state index is -0.0462. The first-order chi connectivity index (χ1) is 9.13. The number of nitrogens with zero attached hydrogens (tertiary/aromatic N) is 1. The predicted octanol–water partition coefficient (Wildman–Crippen LogP) is 1.77. The molecule has 0 radical (unpaired) electrons. The van der Waals surface area contributed by atoms with Gasteiger partial charge in [0.2, 0.25) is 0 Å². The second-order valence-corrected chi connectivity index (χ2v) is 4.75. The van der Waals surface area contributed by atoms with Crippen LogP contribution in [-0.2, 0) is 4.74 Å². The molecule has 106 valence electrons. The van der Waals surface area contributed by atoms with Crippen LogP contribution in [0, 0.1) is 0 Å². The van der Waals surface area contributed by atoms with Crippen LogP contribution in [0.5, 0.6) is 0 Å². The quantitative estimate of drug-likeness (QED) is 0.778. The van der Waals surface area contributed by atoms with Gasteiger partial charge in [-0.05, 0) is 39.6 Å². The molecule has 0 aliphatic carbocycles. The third kappa shape index (κ3) is 6.36. The Hall–Kier alpha value is -1.39. The molecule has 1 N–H and O–H groups in total. The van der Waals surface area contributed by atoms with Gasteiger partial charge in [-0.25, -0.2) is 0 Å². The molecule has 0 aliphatic rings. The number of carbonyl (C=O) groups is 1. The van der Waals surface area contributed by atoms with E-state index < -0.39 is 0 Å². The lowest BCUT2D eigenvalue weighted by atomic mass is 10.2. The van der Waals surface area contributed by atoms with Crippen molar-refractivity contribution < 1.29 is 9.53 Å². The molecule has 4 heteroatoms. The fraction of sp³-hybridized carbons (Fsp3) is 0.533. The zero-order valence-electron chi connectivity index (χ0n) is 12.1. The van der Waals surface area contributed by atoms with Crippen LogP contribution in [0.15, 0.2) is 30.3 Å². The molecule has 1 amide bonds. The maximum absolute atomic E-state index is 11.9. The van der Waals surface area contributed by atoms with Crippen molar-refractivity contribution in [2.24, 2.45) is 0 Å². The van der Waals surface area contributed by atoms with Crippen LogP contribution in [0.3, 0.4) is 0 Å². The maximum Gasteiger partial charge on any atom is 0.251 e. The Morgan fingerprint density at radius 2 is 2.00 bits per heavy atom. The molecule has 0 fully saturated rings. The van der Waals surface area contributed by atoms with Gasteiger partial charge in [0.15, 0.2) is 0 Å². The third-order valence-electron chi connectivity index (χ3n) is 2.83. The molecule has 0 saturated carbocycles. The number of hydrogen-bond donors (Lipinski definition) is 1. The molecule has 1 atom stereocenters. The highest BCUT2D eigenvalue weighted by molar-refractivity contribution is 5.94. The fourth-order valence-electron chi connectivity index (χ4n) is 1.78. The van der Waals surface area contributed by atoms with Gasteiger partial charge in [0.1, 0.15) is 0 Å². The Morgan fingerprint density at radius 1 is 1.32 bits per heavy atom. The minimum absolute atomic E-state index is 0.0462. The summed E-state index contributed by atoms with van der Waals surface area (Å²) >= 11 is 0. The van der Waals surface area contributed by atoms with Crippen LogP contribution in [0.4, 0.5) is 0 Å². The first kappa shape index (κ1) is 15.7. The molecule has 1 rings (SSSR count). The molecule has 19 heavy (non-hydrogen) atoms. The molecule has 0 heterocycles. The van der Waals surface area contributed by atoms with E-state index in [2.05, 4.69) is 10.2 Å². The van der Waals surface area contributed by atoms with Gasteiger partial charge in [0.05, 0.1) is 6.10 Å². The topological polar surface area (TPSA) is 41.6 Å². The highest BCUT2D eigenvalue weighted by Gasteiger charge is 2.11. The molecule has 0 aromatic heterocycles. The SMILES string of the molecule is CCOC(CCN(C)C)CNC(=O)c1ccccc1. The second kappa shape index (κ2) is 8.67. The number of nitrogens with one attached hydrogen (secondary N) is 1. The summed E-state index contributed by atoms with van der Waals surface area (Å²) in [6.45, 7) is 4.14. The van der Waals surface area contributed by atoms with E-state index in [9.17, 15) is 4.79 Å². The first-order valence-corrected chi connectivity index (χ1v) is 6.73. The van der Waals surface area contributed by atoms with Crippen LogP contribution >= 0.6 is 0 Å². The molecule has 4 nitrogen and oxygen atoms in total. The smallest absolute Gasteiger partial charge is 0.251 e. The van der Waals surface area contributed by atoms with Crippen LogP contribution in [0.2, 0.25) is 0 Å². The highest BCUT2D eigenvalue weighted by Crippen LogP contribution is 2.01. The van der Waals surface area contributed by atoms with Crippen molar-refractivity contribution in [3.8, 4) is 0 Å². The van der Waals surface area contributed by atoms with Gasteiger partial charge < -0.3 is 15.0 Å². The molecular formula is C15H24N2O2. The van der Waals surface area contributed by atoms with Gasteiger partial charge in [0, 0.05) is 25.3 Å². The van der Waals surface area contributed by atoms with Gasteiger partial charge in [0.25, 0.3) is 5.91 Å². The van der Waals surface area contributed by atoms with Crippen LogP contribution in [0.1, 0.15) is 23.7 Å². The van der Waals surface area contributed by atoms with Crippen molar-refractivity contribution in [2.45, 2.75) is 19.4 Å². The maximum atomic E-state index is 11.9. The zero-order valence-corrected chi connectivity index (χ0v) is 12.1. The molecule has 0 saturated heterocycles. The van der Waals surface area contributed by atoms with E-state index in [-0.39, 0.29) is 12.0 Å². The summed E-state index contributed by atoms with van der Waals surface area (Å²) in [5.41, 5.74) is 0.686.